The van der Waals surface area contributed by atoms with Crippen LogP contribution in [0.2, 0.25) is 10.0 Å². The molecular weight excluding hydrogens is 413 g/mol. The number of amides is 1. The highest BCUT2D eigenvalue weighted by Gasteiger charge is 2.29. The number of hydrogen-bond acceptors (Lipinski definition) is 2. The Balaban J connectivity index is 2.03. The highest BCUT2D eigenvalue weighted by molar-refractivity contribution is 6.34. The Kier molecular flexibility index (Phi) is 8.35. The molecule has 0 spiro atoms. The average Bonchev–Trinajstić information content (AvgIpc) is 2.60. The number of carbonyl (C=O) groups is 2. The molecule has 7 heteroatoms. The molecule has 1 atom stereocenters. The summed E-state index contributed by atoms with van der Waals surface area (Å²) in [5.41, 5.74) is 3.02. The first-order chi connectivity index (χ1) is 13.7. The van der Waals surface area contributed by atoms with Crippen LogP contribution in [0.4, 0.5) is 4.79 Å². The van der Waals surface area contributed by atoms with E-state index in [2.05, 4.69) is 0 Å². The lowest BCUT2D eigenvalue weighted by Gasteiger charge is -2.27. The fourth-order valence-corrected chi connectivity index (χ4v) is 3.79. The summed E-state index contributed by atoms with van der Waals surface area (Å²) < 4.78 is 0. The summed E-state index contributed by atoms with van der Waals surface area (Å²) in [4.78, 5) is 24.2. The molecule has 2 N–H and O–H groups in total. The van der Waals surface area contributed by atoms with E-state index in [-0.39, 0.29) is 18.9 Å². The zero-order valence-electron chi connectivity index (χ0n) is 16.4. The summed E-state index contributed by atoms with van der Waals surface area (Å²) in [7, 11) is 0. The lowest BCUT2D eigenvalue weighted by Crippen LogP contribution is -2.46. The zero-order chi connectivity index (χ0) is 21.6. The molecule has 2 rings (SSSR count). The van der Waals surface area contributed by atoms with Crippen LogP contribution in [0.15, 0.2) is 42.5 Å². The predicted octanol–water partition coefficient (Wildman–Crippen LogP) is 5.61. The zero-order valence-corrected chi connectivity index (χ0v) is 18.0. The molecule has 0 aliphatic heterocycles. The van der Waals surface area contributed by atoms with Crippen molar-refractivity contribution in [2.24, 2.45) is 5.92 Å². The van der Waals surface area contributed by atoms with Crippen LogP contribution in [0.1, 0.15) is 37.0 Å². The monoisotopic (exact) mass is 437 g/mol. The fourth-order valence-electron chi connectivity index (χ4n) is 3.21. The molecule has 0 saturated heterocycles. The molecule has 29 heavy (non-hydrogen) atoms. The van der Waals surface area contributed by atoms with E-state index in [1.165, 1.54) is 0 Å². The molecule has 0 radical (unpaired) electrons. The number of benzene rings is 2. The van der Waals surface area contributed by atoms with Crippen LogP contribution in [-0.2, 0) is 17.6 Å². The van der Waals surface area contributed by atoms with Gasteiger partial charge in [0, 0.05) is 16.6 Å². The van der Waals surface area contributed by atoms with E-state index in [0.29, 0.717) is 22.9 Å². The second-order valence-electron chi connectivity index (χ2n) is 7.48. The summed E-state index contributed by atoms with van der Waals surface area (Å²) in [6, 6.07) is 12.2. The SMILES string of the molecule is CC(C)CC(C(=O)O)N(CCc1ccc(Cc2cc(Cl)cc(Cl)c2)cc1)C(=O)O. The number of halogens is 2. The third-order valence-corrected chi connectivity index (χ3v) is 5.03. The maximum absolute atomic E-state index is 11.6. The number of nitrogens with zero attached hydrogens (tertiary/aromatic N) is 1. The van der Waals surface area contributed by atoms with Gasteiger partial charge >= 0.3 is 12.1 Å². The molecule has 156 valence electrons. The van der Waals surface area contributed by atoms with Crippen LogP contribution in [0.5, 0.6) is 0 Å². The quantitative estimate of drug-likeness (QED) is 0.534. The molecule has 0 aromatic heterocycles. The van der Waals surface area contributed by atoms with Crippen molar-refractivity contribution >= 4 is 35.3 Å². The molecule has 1 unspecified atom stereocenters. The standard InChI is InChI=1S/C22H25Cl2NO4/c1-14(2)9-20(21(26)27)25(22(28)29)8-7-15-3-5-16(6-4-15)10-17-11-18(23)13-19(24)12-17/h3-6,11-14,20H,7-10H2,1-2H3,(H,26,27)(H,28,29). The number of carboxylic acids is 1. The molecule has 1 amide bonds. The lowest BCUT2D eigenvalue weighted by atomic mass is 10.0. The third-order valence-electron chi connectivity index (χ3n) is 4.60. The van der Waals surface area contributed by atoms with Crippen LogP contribution in [0, 0.1) is 5.92 Å². The van der Waals surface area contributed by atoms with Gasteiger partial charge in [-0.1, -0.05) is 61.3 Å². The van der Waals surface area contributed by atoms with E-state index < -0.39 is 18.1 Å². The molecular formula is C22H25Cl2NO4. The second-order valence-corrected chi connectivity index (χ2v) is 8.35. The van der Waals surface area contributed by atoms with E-state index in [9.17, 15) is 19.8 Å². The first-order valence-corrected chi connectivity index (χ1v) is 10.2. The number of rotatable bonds is 9. The minimum atomic E-state index is -1.22. The van der Waals surface area contributed by atoms with Crippen molar-refractivity contribution in [3.05, 3.63) is 69.2 Å². The number of aliphatic carboxylic acids is 1. The Labute approximate surface area is 180 Å². The Bertz CT molecular complexity index is 832. The largest absolute Gasteiger partial charge is 0.480 e. The van der Waals surface area contributed by atoms with Crippen LogP contribution < -0.4 is 0 Å². The van der Waals surface area contributed by atoms with E-state index >= 15 is 0 Å². The Morgan fingerprint density at radius 2 is 1.48 bits per heavy atom. The Morgan fingerprint density at radius 3 is 1.97 bits per heavy atom. The smallest absolute Gasteiger partial charge is 0.408 e. The van der Waals surface area contributed by atoms with Crippen molar-refractivity contribution in [2.75, 3.05) is 6.54 Å². The normalized spacial score (nSPS) is 12.0. The van der Waals surface area contributed by atoms with E-state index in [4.69, 9.17) is 23.2 Å². The molecule has 2 aromatic carbocycles. The summed E-state index contributed by atoms with van der Waals surface area (Å²) in [6.45, 7) is 3.88. The maximum atomic E-state index is 11.6. The second kappa shape index (κ2) is 10.5. The van der Waals surface area contributed by atoms with Gasteiger partial charge in [-0.3, -0.25) is 4.90 Å². The molecule has 0 heterocycles. The molecule has 0 bridgehead atoms. The highest BCUT2D eigenvalue weighted by Crippen LogP contribution is 2.21. The van der Waals surface area contributed by atoms with Gasteiger partial charge in [-0.25, -0.2) is 9.59 Å². The van der Waals surface area contributed by atoms with Gasteiger partial charge in [0.25, 0.3) is 0 Å². The van der Waals surface area contributed by atoms with Gasteiger partial charge in [0.2, 0.25) is 0 Å². The van der Waals surface area contributed by atoms with Gasteiger partial charge < -0.3 is 10.2 Å². The Morgan fingerprint density at radius 1 is 0.931 bits per heavy atom. The number of hydrogen-bond donors (Lipinski definition) is 2. The highest BCUT2D eigenvalue weighted by atomic mass is 35.5. The van der Waals surface area contributed by atoms with Crippen molar-refractivity contribution < 1.29 is 19.8 Å². The molecule has 0 aliphatic rings. The molecule has 0 fully saturated rings. The van der Waals surface area contributed by atoms with Gasteiger partial charge in [-0.2, -0.15) is 0 Å². The summed E-state index contributed by atoms with van der Waals surface area (Å²) >= 11 is 12.1. The van der Waals surface area contributed by atoms with Gasteiger partial charge in [-0.15, -0.1) is 0 Å². The van der Waals surface area contributed by atoms with Crippen LogP contribution in [0.25, 0.3) is 0 Å². The van der Waals surface area contributed by atoms with Gasteiger partial charge in [0.15, 0.2) is 0 Å². The third kappa shape index (κ3) is 7.26. The van der Waals surface area contributed by atoms with Gasteiger partial charge in [0.1, 0.15) is 6.04 Å². The van der Waals surface area contributed by atoms with Crippen LogP contribution in [-0.4, -0.2) is 39.8 Å². The van der Waals surface area contributed by atoms with Crippen molar-refractivity contribution in [1.82, 2.24) is 4.90 Å². The maximum Gasteiger partial charge on any atom is 0.408 e. The van der Waals surface area contributed by atoms with Gasteiger partial charge in [0.05, 0.1) is 0 Å². The molecule has 0 aliphatic carbocycles. The van der Waals surface area contributed by atoms with Crippen molar-refractivity contribution in [3.8, 4) is 0 Å². The minimum Gasteiger partial charge on any atom is -0.480 e. The fraction of sp³-hybridized carbons (Fsp3) is 0.364. The molecule has 2 aromatic rings. The lowest BCUT2D eigenvalue weighted by molar-refractivity contribution is -0.143. The average molecular weight is 438 g/mol. The first-order valence-electron chi connectivity index (χ1n) is 9.41. The summed E-state index contributed by atoms with van der Waals surface area (Å²) in [5, 5.41) is 20.1. The minimum absolute atomic E-state index is 0.0808. The van der Waals surface area contributed by atoms with E-state index in [1.807, 2.05) is 50.2 Å². The van der Waals surface area contributed by atoms with Gasteiger partial charge in [-0.05, 0) is 60.1 Å². The molecule has 0 saturated carbocycles. The predicted molar refractivity (Wildman–Crippen MR) is 115 cm³/mol. The number of carboxylic acid groups (broad SMARTS) is 2. The first kappa shape index (κ1) is 23.0. The van der Waals surface area contributed by atoms with Crippen LogP contribution >= 0.6 is 23.2 Å². The Hall–Kier alpha value is -2.24. The summed E-state index contributed by atoms with van der Waals surface area (Å²) in [6.07, 6.45) is 0.185. The topological polar surface area (TPSA) is 77.8 Å². The van der Waals surface area contributed by atoms with Crippen molar-refractivity contribution in [1.29, 1.82) is 0 Å². The summed E-state index contributed by atoms with van der Waals surface area (Å²) in [5.74, 6) is -1.03. The van der Waals surface area contributed by atoms with Crippen LogP contribution in [0.3, 0.4) is 0 Å². The van der Waals surface area contributed by atoms with E-state index in [1.54, 1.807) is 6.07 Å². The van der Waals surface area contributed by atoms with E-state index in [0.717, 1.165) is 21.6 Å². The molecule has 5 nitrogen and oxygen atoms in total. The van der Waals surface area contributed by atoms with Crippen molar-refractivity contribution in [3.63, 3.8) is 0 Å². The van der Waals surface area contributed by atoms with Crippen molar-refractivity contribution in [2.45, 2.75) is 39.2 Å².